The Morgan fingerprint density at radius 2 is 1.48 bits per heavy atom. The summed E-state index contributed by atoms with van der Waals surface area (Å²) in [7, 11) is 9.75. The monoisotopic (exact) mass is 564 g/mol. The van der Waals surface area contributed by atoms with Crippen LogP contribution in [0.2, 0.25) is 0 Å². The summed E-state index contributed by atoms with van der Waals surface area (Å²) in [5.41, 5.74) is -3.27. The Bertz CT molecular complexity index is 321. The van der Waals surface area contributed by atoms with E-state index in [1.165, 1.54) is 27.7 Å². The minimum Gasteiger partial charge on any atom is -0.693 e. The minimum atomic E-state index is -2.57. The first-order valence-electron chi connectivity index (χ1n) is 4.94. The van der Waals surface area contributed by atoms with Gasteiger partial charge in [-0.05, 0) is 13.8 Å². The molecule has 0 aromatic carbocycles. The maximum atomic E-state index is 10.9. The third-order valence-corrected chi connectivity index (χ3v) is 2.65. The number of carboxylic acid groups (broad SMARTS) is 1. The Labute approximate surface area is 150 Å². The maximum Gasteiger partial charge on any atom is -0.693 e. The van der Waals surface area contributed by atoms with Crippen LogP contribution >= 0.6 is 18.8 Å². The zero-order chi connectivity index (χ0) is 17.9. The van der Waals surface area contributed by atoms with E-state index in [1.807, 2.05) is 0 Å². The van der Waals surface area contributed by atoms with Crippen molar-refractivity contribution in [1.29, 1.82) is 0 Å². The van der Waals surface area contributed by atoms with Gasteiger partial charge in [0.1, 0.15) is 5.41 Å². The van der Waals surface area contributed by atoms with Crippen molar-refractivity contribution in [3.05, 3.63) is 29.0 Å². The summed E-state index contributed by atoms with van der Waals surface area (Å²) in [6.45, 7) is 5.75. The van der Waals surface area contributed by atoms with Crippen LogP contribution in [0, 0.1) is 27.6 Å². The van der Waals surface area contributed by atoms with E-state index in [1.54, 1.807) is 0 Å². The Kier molecular flexibility index (Phi) is 23.0. The largest absolute Gasteiger partial charge is 0.693 e. The smallest absolute Gasteiger partial charge is 0.693 e. The van der Waals surface area contributed by atoms with Gasteiger partial charge in [-0.15, -0.1) is 5.34 Å². The number of hydrogen-bond donors (Lipinski definition) is 4. The third kappa shape index (κ3) is 11.1. The molecule has 0 spiro atoms. The minimum absolute atomic E-state index is 0. The summed E-state index contributed by atoms with van der Waals surface area (Å²) in [5, 5.41) is 45.8. The molecule has 0 aromatic heterocycles. The molecule has 0 aliphatic rings. The number of nitrogens with two attached hydrogens (primary N) is 2. The van der Waals surface area contributed by atoms with Crippen LogP contribution in [-0.2, 0) is 26.2 Å². The van der Waals surface area contributed by atoms with Gasteiger partial charge in [-0.1, -0.05) is 19.3 Å². The van der Waals surface area contributed by atoms with Gasteiger partial charge in [0.15, 0.2) is 5.79 Å². The molecule has 0 aromatic rings. The van der Waals surface area contributed by atoms with Crippen LogP contribution in [0.1, 0.15) is 27.7 Å². The second kappa shape index (κ2) is 15.4. The predicted molar refractivity (Wildman–Crippen MR) is 81.8 cm³/mol. The molecular formula is C9H21Cl2N3O8Pt-2. The number of aliphatic carboxylic acids is 1. The molecule has 0 aliphatic carbocycles. The fourth-order valence-corrected chi connectivity index (χ4v) is 1.17. The fourth-order valence-electron chi connectivity index (χ4n) is 1.17. The molecule has 146 valence electrons. The van der Waals surface area contributed by atoms with Gasteiger partial charge in [0.05, 0.1) is 0 Å². The normalized spacial score (nSPS) is 10.7. The van der Waals surface area contributed by atoms with Crippen LogP contribution in [-0.4, -0.2) is 32.3 Å². The molecular weight excluding hydrogens is 544 g/mol. The first kappa shape index (κ1) is 34.3. The average molecular weight is 565 g/mol. The molecule has 14 heteroatoms. The number of halogens is 2. The Balaban J connectivity index is -0.000000117. The Morgan fingerprint density at radius 1 is 1.22 bits per heavy atom. The predicted octanol–water partition coefficient (Wildman–Crippen LogP) is 3.52. The van der Waals surface area contributed by atoms with E-state index in [9.17, 15) is 15.0 Å². The van der Waals surface area contributed by atoms with Gasteiger partial charge < -0.3 is 42.6 Å². The van der Waals surface area contributed by atoms with Crippen LogP contribution in [0.25, 0.3) is 12.3 Å². The molecule has 0 radical (unpaired) electrons. The van der Waals surface area contributed by atoms with Crippen LogP contribution in [0.3, 0.4) is 0 Å². The number of nitrogens with zero attached hydrogens (tertiary/aromatic N) is 1. The molecule has 0 unspecified atom stereocenters. The van der Waals surface area contributed by atoms with Crippen molar-refractivity contribution in [3.8, 4) is 0 Å². The summed E-state index contributed by atoms with van der Waals surface area (Å²) in [6.07, 6.45) is 0. The first-order chi connectivity index (χ1) is 9.33. The molecule has 0 rings (SSSR count). The number of aliphatic hydroxyl groups is 2. The summed E-state index contributed by atoms with van der Waals surface area (Å²) >= 11 is -0.472. The summed E-state index contributed by atoms with van der Waals surface area (Å²) in [5.74, 6) is -3.94. The SMILES string of the molecule is CC(C)([CH-]OO)C(O)(O)C(C)(C)C(=O)O.O=N[O-].[Cl][Pt+2][Cl].[NH2-].[NH2-]. The van der Waals surface area contributed by atoms with Gasteiger partial charge in [-0.3, -0.25) is 10.1 Å². The van der Waals surface area contributed by atoms with Gasteiger partial charge in [0.2, 0.25) is 0 Å². The van der Waals surface area contributed by atoms with Crippen molar-refractivity contribution in [3.63, 3.8) is 0 Å². The van der Waals surface area contributed by atoms with E-state index in [2.05, 4.69) is 4.89 Å². The molecule has 0 saturated carbocycles. The van der Waals surface area contributed by atoms with Gasteiger partial charge in [-0.2, -0.15) is 6.61 Å². The van der Waals surface area contributed by atoms with Crippen molar-refractivity contribution in [1.82, 2.24) is 0 Å². The molecule has 0 bridgehead atoms. The van der Waals surface area contributed by atoms with Crippen molar-refractivity contribution in [2.24, 2.45) is 16.2 Å². The first-order valence-corrected chi connectivity index (χ1v) is 10.6. The summed E-state index contributed by atoms with van der Waals surface area (Å²) < 4.78 is 0. The standard InChI is InChI=1S/C9H17O6.2ClH.HNO2.2H2N.Pt/c1-7(2,5-15-14)9(12,13)8(3,4)6(10)11;;;2-1-3;;;/h5,12-14H,1-4H3,(H,10,11);2*1H;(H,2,3);2*1H2;/q-1;;;;2*-1;+4/p-3. The Hall–Kier alpha value is -0.102. The van der Waals surface area contributed by atoms with E-state index in [0.717, 1.165) is 11.9 Å². The van der Waals surface area contributed by atoms with Crippen molar-refractivity contribution >= 4 is 24.8 Å². The van der Waals surface area contributed by atoms with E-state index in [-0.39, 0.29) is 12.3 Å². The second-order valence-corrected chi connectivity index (χ2v) is 7.95. The molecule has 0 saturated heterocycles. The zero-order valence-corrected chi connectivity index (χ0v) is 16.5. The average Bonchev–Trinajstić information content (AvgIpc) is 2.30. The van der Waals surface area contributed by atoms with E-state index >= 15 is 0 Å². The molecule has 0 atom stereocenters. The Morgan fingerprint density at radius 3 is 1.65 bits per heavy atom. The van der Waals surface area contributed by atoms with Crippen molar-refractivity contribution < 1.29 is 46.7 Å². The van der Waals surface area contributed by atoms with E-state index in [0.29, 0.717) is 0 Å². The molecule has 0 aliphatic heterocycles. The molecule has 0 heterocycles. The quantitative estimate of drug-likeness (QED) is 0.126. The van der Waals surface area contributed by atoms with Gasteiger partial charge in [-0.25, -0.2) is 0 Å². The molecule has 8 N–H and O–H groups in total. The molecule has 23 heavy (non-hydrogen) atoms. The summed E-state index contributed by atoms with van der Waals surface area (Å²) in [6, 6.07) is 0. The van der Waals surface area contributed by atoms with Crippen LogP contribution < -0.4 is 0 Å². The third-order valence-electron chi connectivity index (χ3n) is 2.65. The van der Waals surface area contributed by atoms with Crippen molar-refractivity contribution in [2.45, 2.75) is 33.5 Å². The number of rotatable bonds is 5. The van der Waals surface area contributed by atoms with Gasteiger partial charge >= 0.3 is 41.3 Å². The summed E-state index contributed by atoms with van der Waals surface area (Å²) in [4.78, 5) is 22.6. The molecule has 0 amide bonds. The van der Waals surface area contributed by atoms with Crippen LogP contribution in [0.5, 0.6) is 0 Å². The number of carboxylic acids is 1. The second-order valence-electron chi connectivity index (χ2n) is 4.67. The number of carbonyl (C=O) groups is 1. The van der Waals surface area contributed by atoms with Crippen molar-refractivity contribution in [2.75, 3.05) is 0 Å². The number of hydrogen-bond acceptors (Lipinski definition) is 8. The topological polar surface area (TPSA) is 227 Å². The van der Waals surface area contributed by atoms with Crippen LogP contribution in [0.15, 0.2) is 5.34 Å². The van der Waals surface area contributed by atoms with E-state index < -0.39 is 39.1 Å². The van der Waals surface area contributed by atoms with Crippen LogP contribution in [0.4, 0.5) is 0 Å². The molecule has 0 fully saturated rings. The van der Waals surface area contributed by atoms with E-state index in [4.69, 9.17) is 39.3 Å². The maximum absolute atomic E-state index is 10.9. The molecule has 11 nitrogen and oxygen atoms in total. The van der Waals surface area contributed by atoms with Gasteiger partial charge in [0.25, 0.3) is 0 Å². The zero-order valence-electron chi connectivity index (χ0n) is 12.7. The fraction of sp³-hybridized carbons (Fsp3) is 0.778. The van der Waals surface area contributed by atoms with Gasteiger partial charge in [0, 0.05) is 0 Å².